The minimum absolute atomic E-state index is 0.0285. The highest BCUT2D eigenvalue weighted by Gasteiger charge is 2.57. The fraction of sp³-hybridized carbons (Fsp3) is 0.733. The summed E-state index contributed by atoms with van der Waals surface area (Å²) in [5.41, 5.74) is 7.07. The van der Waals surface area contributed by atoms with E-state index in [2.05, 4.69) is 12.6 Å². The predicted molar refractivity (Wildman–Crippen MR) is 71.8 cm³/mol. The first-order chi connectivity index (χ1) is 9.01. The number of fused-ring (bicyclic) bond motifs is 1. The molecule has 3 fully saturated rings. The van der Waals surface area contributed by atoms with Crippen LogP contribution in [0.1, 0.15) is 39.0 Å². The third-order valence-electron chi connectivity index (χ3n) is 5.46. The Balaban J connectivity index is 1.80. The second-order valence-electron chi connectivity index (χ2n) is 6.46. The molecule has 0 bridgehead atoms. The molecule has 102 valence electrons. The molecule has 19 heavy (non-hydrogen) atoms. The van der Waals surface area contributed by atoms with E-state index in [1.54, 1.807) is 4.90 Å². The molecule has 4 heteroatoms. The van der Waals surface area contributed by atoms with Crippen molar-refractivity contribution in [2.45, 2.75) is 57.2 Å². The van der Waals surface area contributed by atoms with E-state index in [0.29, 0.717) is 5.92 Å². The zero-order valence-corrected chi connectivity index (χ0v) is 11.4. The third kappa shape index (κ3) is 1.64. The SMILES string of the molecule is C=C(C)C1([C@H](N)C(=O)N2[C@H](C#N)C[C@@H]3C[C@@H]32)CCC1. The number of hydrogen-bond donors (Lipinski definition) is 1. The van der Waals surface area contributed by atoms with E-state index in [-0.39, 0.29) is 23.4 Å². The molecule has 0 aromatic carbocycles. The van der Waals surface area contributed by atoms with E-state index in [0.717, 1.165) is 37.7 Å². The Bertz CT molecular complexity index is 474. The van der Waals surface area contributed by atoms with Gasteiger partial charge in [0.1, 0.15) is 6.04 Å². The summed E-state index contributed by atoms with van der Waals surface area (Å²) >= 11 is 0. The number of nitrogens with zero attached hydrogens (tertiary/aromatic N) is 2. The Morgan fingerprint density at radius 1 is 1.53 bits per heavy atom. The minimum Gasteiger partial charge on any atom is -0.322 e. The van der Waals surface area contributed by atoms with Gasteiger partial charge in [-0.1, -0.05) is 18.6 Å². The molecule has 3 aliphatic rings. The zero-order chi connectivity index (χ0) is 13.8. The molecule has 1 saturated heterocycles. The number of piperidine rings is 1. The van der Waals surface area contributed by atoms with Crippen molar-refractivity contribution in [2.75, 3.05) is 0 Å². The first-order valence-electron chi connectivity index (χ1n) is 7.14. The second kappa shape index (κ2) is 4.08. The molecule has 1 heterocycles. The molecule has 4 nitrogen and oxygen atoms in total. The lowest BCUT2D eigenvalue weighted by Crippen LogP contribution is -2.58. The molecule has 1 aliphatic heterocycles. The van der Waals surface area contributed by atoms with Crippen LogP contribution in [0.25, 0.3) is 0 Å². The molecule has 2 aliphatic carbocycles. The highest BCUT2D eigenvalue weighted by molar-refractivity contribution is 5.85. The molecule has 4 atom stereocenters. The second-order valence-corrected chi connectivity index (χ2v) is 6.46. The van der Waals surface area contributed by atoms with Crippen LogP contribution in [-0.2, 0) is 4.79 Å². The molecular formula is C15H21N3O. The standard InChI is InChI=1S/C15H21N3O/c1-9(2)15(4-3-5-15)13(17)14(19)18-11(8-16)6-10-7-12(10)18/h10-13H,1,3-7,17H2,2H3/t10-,11+,12+,13-/m1/s1. The molecule has 0 spiro atoms. The average molecular weight is 259 g/mol. The lowest BCUT2D eigenvalue weighted by molar-refractivity contribution is -0.137. The molecule has 0 aromatic rings. The maximum Gasteiger partial charge on any atom is 0.241 e. The zero-order valence-electron chi connectivity index (χ0n) is 11.4. The van der Waals surface area contributed by atoms with Crippen molar-refractivity contribution in [1.29, 1.82) is 5.26 Å². The number of carbonyl (C=O) groups is 1. The normalized spacial score (nSPS) is 35.8. The van der Waals surface area contributed by atoms with Crippen molar-refractivity contribution >= 4 is 5.91 Å². The highest BCUT2D eigenvalue weighted by atomic mass is 16.2. The van der Waals surface area contributed by atoms with Gasteiger partial charge in [-0.2, -0.15) is 5.26 Å². The van der Waals surface area contributed by atoms with Gasteiger partial charge < -0.3 is 10.6 Å². The Morgan fingerprint density at radius 2 is 2.21 bits per heavy atom. The van der Waals surface area contributed by atoms with Gasteiger partial charge >= 0.3 is 0 Å². The fourth-order valence-electron chi connectivity index (χ4n) is 3.85. The summed E-state index contributed by atoms with van der Waals surface area (Å²) in [4.78, 5) is 14.5. The quantitative estimate of drug-likeness (QED) is 0.782. The van der Waals surface area contributed by atoms with Crippen LogP contribution in [0.4, 0.5) is 0 Å². The van der Waals surface area contributed by atoms with Crippen molar-refractivity contribution in [3.05, 3.63) is 12.2 Å². The van der Waals surface area contributed by atoms with Gasteiger partial charge in [-0.15, -0.1) is 0 Å². The Kier molecular flexibility index (Phi) is 2.72. The predicted octanol–water partition coefficient (Wildman–Crippen LogP) is 1.57. The highest BCUT2D eigenvalue weighted by Crippen LogP contribution is 2.52. The monoisotopic (exact) mass is 259 g/mol. The van der Waals surface area contributed by atoms with E-state index >= 15 is 0 Å². The van der Waals surface area contributed by atoms with Crippen LogP contribution in [0.5, 0.6) is 0 Å². The van der Waals surface area contributed by atoms with Crippen molar-refractivity contribution in [1.82, 2.24) is 4.90 Å². The number of hydrogen-bond acceptors (Lipinski definition) is 3. The summed E-state index contributed by atoms with van der Waals surface area (Å²) in [7, 11) is 0. The largest absolute Gasteiger partial charge is 0.322 e. The summed E-state index contributed by atoms with van der Waals surface area (Å²) in [5, 5.41) is 9.19. The van der Waals surface area contributed by atoms with Crippen molar-refractivity contribution < 1.29 is 4.79 Å². The van der Waals surface area contributed by atoms with Crippen LogP contribution in [0.2, 0.25) is 0 Å². The summed E-state index contributed by atoms with van der Waals surface area (Å²) in [6.45, 7) is 6.00. The third-order valence-corrected chi connectivity index (χ3v) is 5.46. The van der Waals surface area contributed by atoms with Gasteiger partial charge in [-0.05, 0) is 38.5 Å². The van der Waals surface area contributed by atoms with Crippen LogP contribution in [0.15, 0.2) is 12.2 Å². The van der Waals surface area contributed by atoms with Crippen LogP contribution in [0, 0.1) is 22.7 Å². The number of rotatable bonds is 3. The smallest absolute Gasteiger partial charge is 0.241 e. The van der Waals surface area contributed by atoms with Gasteiger partial charge in [0.15, 0.2) is 0 Å². The van der Waals surface area contributed by atoms with E-state index in [1.807, 2.05) is 6.92 Å². The average Bonchev–Trinajstić information content (AvgIpc) is 2.97. The molecule has 3 rings (SSSR count). The minimum atomic E-state index is -0.519. The van der Waals surface area contributed by atoms with E-state index in [4.69, 9.17) is 5.73 Å². The van der Waals surface area contributed by atoms with Gasteiger partial charge in [-0.3, -0.25) is 4.79 Å². The lowest BCUT2D eigenvalue weighted by Gasteiger charge is -2.47. The number of likely N-dealkylation sites (tertiary alicyclic amines) is 1. The maximum absolute atomic E-state index is 12.7. The van der Waals surface area contributed by atoms with Crippen LogP contribution in [0.3, 0.4) is 0 Å². The number of nitrogens with two attached hydrogens (primary N) is 1. The Labute approximate surface area is 114 Å². The van der Waals surface area contributed by atoms with E-state index in [9.17, 15) is 10.1 Å². The number of nitriles is 1. The summed E-state index contributed by atoms with van der Waals surface area (Å²) in [5.74, 6) is 0.516. The van der Waals surface area contributed by atoms with Gasteiger partial charge in [0, 0.05) is 11.5 Å². The van der Waals surface area contributed by atoms with Crippen LogP contribution < -0.4 is 5.73 Å². The fourth-order valence-corrected chi connectivity index (χ4v) is 3.85. The number of carbonyl (C=O) groups excluding carboxylic acids is 1. The van der Waals surface area contributed by atoms with Gasteiger partial charge in [0.25, 0.3) is 0 Å². The van der Waals surface area contributed by atoms with Gasteiger partial charge in [0.2, 0.25) is 5.91 Å². The van der Waals surface area contributed by atoms with E-state index < -0.39 is 6.04 Å². The molecule has 2 N–H and O–H groups in total. The van der Waals surface area contributed by atoms with Crippen molar-refractivity contribution in [2.24, 2.45) is 17.1 Å². The van der Waals surface area contributed by atoms with Gasteiger partial charge in [-0.25, -0.2) is 0 Å². The Morgan fingerprint density at radius 3 is 2.68 bits per heavy atom. The summed E-state index contributed by atoms with van der Waals surface area (Å²) in [6.07, 6.45) is 4.90. The first kappa shape index (κ1) is 12.7. The molecule has 2 saturated carbocycles. The number of amides is 1. The first-order valence-corrected chi connectivity index (χ1v) is 7.14. The Hall–Kier alpha value is -1.34. The molecule has 0 aromatic heterocycles. The lowest BCUT2D eigenvalue weighted by atomic mass is 9.60. The molecule has 1 amide bonds. The van der Waals surface area contributed by atoms with Crippen LogP contribution in [-0.4, -0.2) is 28.9 Å². The van der Waals surface area contributed by atoms with Gasteiger partial charge in [0.05, 0.1) is 12.1 Å². The maximum atomic E-state index is 12.7. The summed E-state index contributed by atoms with van der Waals surface area (Å²) < 4.78 is 0. The van der Waals surface area contributed by atoms with Crippen molar-refractivity contribution in [3.8, 4) is 6.07 Å². The molecule has 0 radical (unpaired) electrons. The topological polar surface area (TPSA) is 70.1 Å². The van der Waals surface area contributed by atoms with E-state index in [1.165, 1.54) is 0 Å². The van der Waals surface area contributed by atoms with Crippen LogP contribution >= 0.6 is 0 Å². The molecule has 0 unspecified atom stereocenters. The van der Waals surface area contributed by atoms with Crippen molar-refractivity contribution in [3.63, 3.8) is 0 Å². The molecular weight excluding hydrogens is 238 g/mol. The summed E-state index contributed by atoms with van der Waals surface area (Å²) in [6, 6.07) is 1.76.